The summed E-state index contributed by atoms with van der Waals surface area (Å²) >= 11 is 0. The predicted molar refractivity (Wildman–Crippen MR) is 63.1 cm³/mol. The molecule has 19 heavy (non-hydrogen) atoms. The molecule has 0 amide bonds. The molecule has 1 atom stereocenters. The molecule has 0 saturated heterocycles. The first-order chi connectivity index (χ1) is 8.85. The van der Waals surface area contributed by atoms with Gasteiger partial charge in [-0.25, -0.2) is 5.43 Å². The lowest BCUT2D eigenvalue weighted by Crippen LogP contribution is -2.56. The lowest BCUT2D eigenvalue weighted by molar-refractivity contribution is -0.274. The number of hydrogen-bond acceptors (Lipinski definition) is 5. The van der Waals surface area contributed by atoms with Crippen molar-refractivity contribution in [3.63, 3.8) is 0 Å². The van der Waals surface area contributed by atoms with Crippen LogP contribution in [0.5, 0.6) is 5.75 Å². The Morgan fingerprint density at radius 3 is 2.74 bits per heavy atom. The van der Waals surface area contributed by atoms with Gasteiger partial charge in [-0.3, -0.25) is 5.73 Å². The van der Waals surface area contributed by atoms with E-state index in [1.165, 1.54) is 18.2 Å². The molecule has 0 fully saturated rings. The molecule has 104 valence electrons. The van der Waals surface area contributed by atoms with Crippen molar-refractivity contribution in [3.8, 4) is 5.75 Å². The standard InChI is InChI=1S/C11H13F3N4O/c1-18-6-9(16-17-10(18)15)7-3-2-4-8(5-7)19-11(12,13)14/h2-6,10,16-17H,15H2,1H3. The minimum absolute atomic E-state index is 0.273. The molecule has 5 nitrogen and oxygen atoms in total. The Labute approximate surface area is 107 Å². The van der Waals surface area contributed by atoms with Crippen molar-refractivity contribution in [2.45, 2.75) is 12.7 Å². The van der Waals surface area contributed by atoms with Gasteiger partial charge in [0.15, 0.2) is 0 Å². The van der Waals surface area contributed by atoms with E-state index in [2.05, 4.69) is 15.6 Å². The van der Waals surface area contributed by atoms with Gasteiger partial charge in [-0.15, -0.1) is 13.2 Å². The van der Waals surface area contributed by atoms with Crippen LogP contribution in [-0.4, -0.2) is 24.6 Å². The summed E-state index contributed by atoms with van der Waals surface area (Å²) in [6, 6.07) is 5.67. The van der Waals surface area contributed by atoms with Gasteiger partial charge in [-0.05, 0) is 12.1 Å². The molecule has 0 bridgehead atoms. The van der Waals surface area contributed by atoms with Crippen LogP contribution in [0.3, 0.4) is 0 Å². The fourth-order valence-corrected chi connectivity index (χ4v) is 1.58. The highest BCUT2D eigenvalue weighted by Crippen LogP contribution is 2.25. The van der Waals surface area contributed by atoms with Crippen molar-refractivity contribution < 1.29 is 17.9 Å². The Bertz CT molecular complexity index is 489. The third-order valence-electron chi connectivity index (χ3n) is 2.50. The second-order valence-corrected chi connectivity index (χ2v) is 4.00. The van der Waals surface area contributed by atoms with Crippen LogP contribution in [0, 0.1) is 0 Å². The number of benzene rings is 1. The topological polar surface area (TPSA) is 62.5 Å². The zero-order valence-electron chi connectivity index (χ0n) is 10.0. The minimum atomic E-state index is -4.70. The normalized spacial score (nSPS) is 19.7. The van der Waals surface area contributed by atoms with Crippen LogP contribution in [0.4, 0.5) is 13.2 Å². The molecule has 0 aromatic heterocycles. The SMILES string of the molecule is CN1C=C(c2cccc(OC(F)(F)F)c2)NNC1N. The maximum Gasteiger partial charge on any atom is 0.573 e. The summed E-state index contributed by atoms with van der Waals surface area (Å²) in [6.45, 7) is 0. The Kier molecular flexibility index (Phi) is 3.54. The molecule has 1 aromatic rings. The maximum absolute atomic E-state index is 12.1. The molecule has 1 aliphatic rings. The highest BCUT2D eigenvalue weighted by atomic mass is 19.4. The molecule has 8 heteroatoms. The molecule has 4 N–H and O–H groups in total. The Morgan fingerprint density at radius 2 is 2.11 bits per heavy atom. The predicted octanol–water partition coefficient (Wildman–Crippen LogP) is 1.17. The van der Waals surface area contributed by atoms with E-state index >= 15 is 0 Å². The van der Waals surface area contributed by atoms with Crippen molar-refractivity contribution in [1.82, 2.24) is 15.8 Å². The summed E-state index contributed by atoms with van der Waals surface area (Å²) in [7, 11) is 1.74. The molecule has 1 unspecified atom stereocenters. The van der Waals surface area contributed by atoms with Gasteiger partial charge >= 0.3 is 6.36 Å². The number of nitrogens with two attached hydrogens (primary N) is 1. The summed E-state index contributed by atoms with van der Waals surface area (Å²) in [6.07, 6.45) is -3.42. The largest absolute Gasteiger partial charge is 0.573 e. The van der Waals surface area contributed by atoms with E-state index in [-0.39, 0.29) is 5.75 Å². The second kappa shape index (κ2) is 4.98. The van der Waals surface area contributed by atoms with Gasteiger partial charge in [0.2, 0.25) is 0 Å². The third-order valence-corrected chi connectivity index (χ3v) is 2.50. The van der Waals surface area contributed by atoms with Crippen LogP contribution in [0.2, 0.25) is 0 Å². The summed E-state index contributed by atoms with van der Waals surface area (Å²) in [5.74, 6) is -0.273. The number of rotatable bonds is 2. The van der Waals surface area contributed by atoms with Gasteiger partial charge in [0.1, 0.15) is 12.0 Å². The van der Waals surface area contributed by atoms with E-state index in [9.17, 15) is 13.2 Å². The van der Waals surface area contributed by atoms with Gasteiger partial charge in [-0.2, -0.15) is 0 Å². The number of halogens is 3. The van der Waals surface area contributed by atoms with E-state index in [0.29, 0.717) is 11.3 Å². The molecular weight excluding hydrogens is 261 g/mol. The summed E-state index contributed by atoms with van der Waals surface area (Å²) in [4.78, 5) is 1.68. The maximum atomic E-state index is 12.1. The number of ether oxygens (including phenoxy) is 1. The van der Waals surface area contributed by atoms with Gasteiger partial charge in [0.25, 0.3) is 0 Å². The van der Waals surface area contributed by atoms with Crippen molar-refractivity contribution in [1.29, 1.82) is 0 Å². The Balaban J connectivity index is 2.22. The smallest absolute Gasteiger partial charge is 0.406 e. The van der Waals surface area contributed by atoms with Crippen LogP contribution in [0.25, 0.3) is 5.70 Å². The number of hydrazine groups is 1. The molecule has 0 aliphatic carbocycles. The van der Waals surface area contributed by atoms with Crippen molar-refractivity contribution in [2.24, 2.45) is 5.73 Å². The van der Waals surface area contributed by atoms with Gasteiger partial charge < -0.3 is 15.1 Å². The number of nitrogens with one attached hydrogen (secondary N) is 2. The zero-order valence-corrected chi connectivity index (χ0v) is 10.0. The van der Waals surface area contributed by atoms with Crippen LogP contribution in [-0.2, 0) is 0 Å². The summed E-state index contributed by atoms with van der Waals surface area (Å²) in [5, 5.41) is 0. The minimum Gasteiger partial charge on any atom is -0.406 e. The molecule has 2 rings (SSSR count). The quantitative estimate of drug-likeness (QED) is 0.755. The van der Waals surface area contributed by atoms with Gasteiger partial charge in [0.05, 0.1) is 5.70 Å². The first kappa shape index (κ1) is 13.5. The van der Waals surface area contributed by atoms with Crippen LogP contribution >= 0.6 is 0 Å². The van der Waals surface area contributed by atoms with Crippen molar-refractivity contribution in [3.05, 3.63) is 36.0 Å². The van der Waals surface area contributed by atoms with Crippen molar-refractivity contribution in [2.75, 3.05) is 7.05 Å². The Morgan fingerprint density at radius 1 is 1.37 bits per heavy atom. The molecule has 1 heterocycles. The van der Waals surface area contributed by atoms with E-state index in [1.807, 2.05) is 0 Å². The average molecular weight is 274 g/mol. The molecule has 0 radical (unpaired) electrons. The average Bonchev–Trinajstić information content (AvgIpc) is 2.31. The molecule has 0 spiro atoms. The van der Waals surface area contributed by atoms with E-state index in [1.54, 1.807) is 24.2 Å². The van der Waals surface area contributed by atoms with Crippen LogP contribution in [0.15, 0.2) is 30.5 Å². The zero-order chi connectivity index (χ0) is 14.0. The lowest BCUT2D eigenvalue weighted by atomic mass is 10.1. The molecule has 1 aromatic carbocycles. The number of alkyl halides is 3. The van der Waals surface area contributed by atoms with Gasteiger partial charge in [0, 0.05) is 18.8 Å². The summed E-state index contributed by atoms with van der Waals surface area (Å²) in [5.41, 5.74) is 12.4. The van der Waals surface area contributed by atoms with E-state index in [4.69, 9.17) is 5.73 Å². The fourth-order valence-electron chi connectivity index (χ4n) is 1.58. The molecule has 1 aliphatic heterocycles. The summed E-state index contributed by atoms with van der Waals surface area (Å²) < 4.78 is 40.3. The number of nitrogens with zero attached hydrogens (tertiary/aromatic N) is 1. The monoisotopic (exact) mass is 274 g/mol. The first-order valence-electron chi connectivity index (χ1n) is 5.42. The first-order valence-corrected chi connectivity index (χ1v) is 5.42. The molecular formula is C11H13F3N4O. The van der Waals surface area contributed by atoms with Crippen LogP contribution < -0.4 is 21.3 Å². The highest BCUT2D eigenvalue weighted by molar-refractivity contribution is 5.65. The van der Waals surface area contributed by atoms with Crippen molar-refractivity contribution >= 4 is 5.70 Å². The van der Waals surface area contributed by atoms with Gasteiger partial charge in [-0.1, -0.05) is 12.1 Å². The number of hydrogen-bond donors (Lipinski definition) is 3. The molecule has 0 saturated carbocycles. The van der Waals surface area contributed by atoms with Crippen LogP contribution in [0.1, 0.15) is 5.56 Å². The lowest BCUT2D eigenvalue weighted by Gasteiger charge is -2.31. The Hall–Kier alpha value is -1.93. The fraction of sp³-hybridized carbons (Fsp3) is 0.273. The van der Waals surface area contributed by atoms with E-state index in [0.717, 1.165) is 0 Å². The second-order valence-electron chi connectivity index (χ2n) is 4.00. The highest BCUT2D eigenvalue weighted by Gasteiger charge is 2.31. The third kappa shape index (κ3) is 3.52. The van der Waals surface area contributed by atoms with E-state index < -0.39 is 12.7 Å².